The number of piperidine rings is 1. The van der Waals surface area contributed by atoms with E-state index in [-0.39, 0.29) is 24.0 Å². The van der Waals surface area contributed by atoms with Crippen LogP contribution in [0.15, 0.2) is 50.8 Å². The van der Waals surface area contributed by atoms with E-state index in [1.54, 1.807) is 28.6 Å². The number of aliphatic imine (C=N–C) groups is 1. The van der Waals surface area contributed by atoms with Crippen LogP contribution in [0.25, 0.3) is 0 Å². The number of rotatable bonds is 8. The van der Waals surface area contributed by atoms with Gasteiger partial charge in [-0.05, 0) is 43.7 Å². The summed E-state index contributed by atoms with van der Waals surface area (Å²) in [5.41, 5.74) is 0.931. The summed E-state index contributed by atoms with van der Waals surface area (Å²) in [7, 11) is -3.41. The highest BCUT2D eigenvalue weighted by molar-refractivity contribution is 14.0. The smallest absolute Gasteiger partial charge is 0.243 e. The number of hydrogen-bond acceptors (Lipinski definition) is 5. The molecule has 8 nitrogen and oxygen atoms in total. The Morgan fingerprint density at radius 1 is 1.22 bits per heavy atom. The van der Waals surface area contributed by atoms with E-state index in [0.717, 1.165) is 43.3 Å². The van der Waals surface area contributed by atoms with Gasteiger partial charge in [0.1, 0.15) is 6.54 Å². The molecule has 32 heavy (non-hydrogen) atoms. The van der Waals surface area contributed by atoms with Crippen molar-refractivity contribution >= 4 is 40.0 Å². The largest absolute Gasteiger partial charge is 0.359 e. The Morgan fingerprint density at radius 2 is 1.91 bits per heavy atom. The molecule has 0 amide bonds. The van der Waals surface area contributed by atoms with Gasteiger partial charge in [0.2, 0.25) is 10.0 Å². The van der Waals surface area contributed by atoms with Crippen LogP contribution in [0.3, 0.4) is 0 Å². The molecule has 1 aromatic heterocycles. The fourth-order valence-corrected chi connectivity index (χ4v) is 5.00. The molecule has 0 spiro atoms. The summed E-state index contributed by atoms with van der Waals surface area (Å²) in [5.74, 6) is 2.18. The first kappa shape index (κ1) is 26.6. The molecule has 1 aliphatic heterocycles. The molecule has 0 aliphatic carbocycles. The maximum atomic E-state index is 12.8. The van der Waals surface area contributed by atoms with Crippen molar-refractivity contribution in [2.75, 3.05) is 26.2 Å². The zero-order chi connectivity index (χ0) is 22.3. The molecule has 1 saturated heterocycles. The molecule has 1 fully saturated rings. The van der Waals surface area contributed by atoms with E-state index in [1.165, 1.54) is 0 Å². The quantitative estimate of drug-likeness (QED) is 0.284. The lowest BCUT2D eigenvalue weighted by atomic mass is 9.98. The van der Waals surface area contributed by atoms with Gasteiger partial charge >= 0.3 is 0 Å². The molecule has 0 atom stereocenters. The molecule has 1 aromatic carbocycles. The number of hydrogen-bond donors (Lipinski definition) is 2. The molecule has 2 aromatic rings. The average molecular weight is 576 g/mol. The van der Waals surface area contributed by atoms with Gasteiger partial charge < -0.3 is 15.2 Å². The molecule has 1 aliphatic rings. The number of guanidine groups is 1. The minimum absolute atomic E-state index is 0. The van der Waals surface area contributed by atoms with Crippen LogP contribution in [0, 0.1) is 5.92 Å². The maximum absolute atomic E-state index is 12.8. The molecule has 0 bridgehead atoms. The molecule has 2 heterocycles. The highest BCUT2D eigenvalue weighted by Crippen LogP contribution is 2.23. The Balaban J connectivity index is 0.00000363. The second kappa shape index (κ2) is 12.5. The van der Waals surface area contributed by atoms with Crippen LogP contribution >= 0.6 is 24.0 Å². The van der Waals surface area contributed by atoms with Gasteiger partial charge in [-0.25, -0.2) is 13.4 Å². The van der Waals surface area contributed by atoms with Crippen LogP contribution in [0.5, 0.6) is 0 Å². The number of sulfonamides is 1. The minimum Gasteiger partial charge on any atom is -0.359 e. The number of aromatic nitrogens is 1. The van der Waals surface area contributed by atoms with Gasteiger partial charge in [0, 0.05) is 32.2 Å². The van der Waals surface area contributed by atoms with Crippen LogP contribution in [0.4, 0.5) is 0 Å². The van der Waals surface area contributed by atoms with Gasteiger partial charge in [-0.1, -0.05) is 37.2 Å². The predicted molar refractivity (Wildman–Crippen MR) is 137 cm³/mol. The number of nitrogens with one attached hydrogen (secondary N) is 2. The molecular formula is C22H34IN5O3S. The van der Waals surface area contributed by atoms with Crippen LogP contribution in [0.1, 0.15) is 51.0 Å². The lowest BCUT2D eigenvalue weighted by Crippen LogP contribution is -2.44. The number of nitrogens with zero attached hydrogens (tertiary/aromatic N) is 3. The van der Waals surface area contributed by atoms with Crippen molar-refractivity contribution in [1.29, 1.82) is 0 Å². The predicted octanol–water partition coefficient (Wildman–Crippen LogP) is 3.57. The summed E-state index contributed by atoms with van der Waals surface area (Å²) >= 11 is 0. The molecule has 178 valence electrons. The van der Waals surface area contributed by atoms with Crippen LogP contribution in [0.2, 0.25) is 0 Å². The molecular weight excluding hydrogens is 541 g/mol. The highest BCUT2D eigenvalue weighted by Gasteiger charge is 2.29. The van der Waals surface area contributed by atoms with Gasteiger partial charge in [-0.3, -0.25) is 0 Å². The Labute approximate surface area is 208 Å². The SMILES string of the molecule is CCNC(=NCc1cc(C(C)C)no1)NCC1CCN(S(=O)(=O)c2ccccc2)CC1.I. The van der Waals surface area contributed by atoms with Crippen LogP contribution in [-0.4, -0.2) is 50.0 Å². The molecule has 3 rings (SSSR count). The van der Waals surface area contributed by atoms with Crippen molar-refractivity contribution in [3.05, 3.63) is 47.9 Å². The standard InChI is InChI=1S/C22H33N5O3S.HI/c1-4-23-22(25-16-19-14-21(17(2)3)26-30-19)24-15-18-10-12-27(13-11-18)31(28,29)20-8-6-5-7-9-20;/h5-9,14,17-18H,4,10-13,15-16H2,1-3H3,(H2,23,24,25);1H. The second-order valence-electron chi connectivity index (χ2n) is 8.11. The van der Waals surface area contributed by atoms with Crippen molar-refractivity contribution in [3.8, 4) is 0 Å². The third-order valence-corrected chi connectivity index (χ3v) is 7.33. The summed E-state index contributed by atoms with van der Waals surface area (Å²) < 4.78 is 32.5. The lowest BCUT2D eigenvalue weighted by molar-refractivity contribution is 0.273. The van der Waals surface area contributed by atoms with Crippen LogP contribution < -0.4 is 10.6 Å². The fraction of sp³-hybridized carbons (Fsp3) is 0.545. The van der Waals surface area contributed by atoms with Crippen molar-refractivity contribution in [3.63, 3.8) is 0 Å². The topological polar surface area (TPSA) is 99.8 Å². The third-order valence-electron chi connectivity index (χ3n) is 5.42. The zero-order valence-electron chi connectivity index (χ0n) is 19.0. The summed E-state index contributed by atoms with van der Waals surface area (Å²) in [6.45, 7) is 9.17. The first-order chi connectivity index (χ1) is 14.9. The van der Waals surface area contributed by atoms with Gasteiger partial charge in [-0.2, -0.15) is 4.31 Å². The summed E-state index contributed by atoms with van der Waals surface area (Å²) in [6, 6.07) is 10.6. The lowest BCUT2D eigenvalue weighted by Gasteiger charge is -2.31. The van der Waals surface area contributed by atoms with Crippen molar-refractivity contribution in [2.45, 2.75) is 51.0 Å². The Bertz CT molecular complexity index is 955. The Kier molecular flexibility index (Phi) is 10.4. The third kappa shape index (κ3) is 7.17. The number of halogens is 1. The maximum Gasteiger partial charge on any atom is 0.243 e. The fourth-order valence-electron chi connectivity index (χ4n) is 3.51. The molecule has 0 unspecified atom stereocenters. The average Bonchev–Trinajstić information content (AvgIpc) is 3.26. The van der Waals surface area contributed by atoms with E-state index in [1.807, 2.05) is 19.1 Å². The summed E-state index contributed by atoms with van der Waals surface area (Å²) in [4.78, 5) is 4.95. The monoisotopic (exact) mass is 575 g/mol. The zero-order valence-corrected chi connectivity index (χ0v) is 22.1. The summed E-state index contributed by atoms with van der Waals surface area (Å²) in [6.07, 6.45) is 1.64. The van der Waals surface area contributed by atoms with Gasteiger partial charge in [0.15, 0.2) is 11.7 Å². The van der Waals surface area contributed by atoms with Crippen molar-refractivity contribution < 1.29 is 12.9 Å². The van der Waals surface area contributed by atoms with Crippen molar-refractivity contribution in [1.82, 2.24) is 20.1 Å². The first-order valence-corrected chi connectivity index (χ1v) is 12.4. The van der Waals surface area contributed by atoms with Crippen LogP contribution in [-0.2, 0) is 16.6 Å². The van der Waals surface area contributed by atoms with E-state index in [4.69, 9.17) is 4.52 Å². The Hall–Kier alpha value is -1.66. The van der Waals surface area contributed by atoms with Gasteiger partial charge in [0.25, 0.3) is 0 Å². The number of benzene rings is 1. The van der Waals surface area contributed by atoms with E-state index >= 15 is 0 Å². The van der Waals surface area contributed by atoms with E-state index in [9.17, 15) is 8.42 Å². The van der Waals surface area contributed by atoms with Gasteiger partial charge in [0.05, 0.1) is 10.6 Å². The first-order valence-electron chi connectivity index (χ1n) is 10.9. The van der Waals surface area contributed by atoms with E-state index in [0.29, 0.717) is 36.4 Å². The second-order valence-corrected chi connectivity index (χ2v) is 10.0. The molecule has 0 radical (unpaired) electrons. The van der Waals surface area contributed by atoms with E-state index in [2.05, 4.69) is 34.6 Å². The van der Waals surface area contributed by atoms with Crippen molar-refractivity contribution in [2.24, 2.45) is 10.9 Å². The molecule has 10 heteroatoms. The molecule has 2 N–H and O–H groups in total. The normalized spacial score (nSPS) is 16.1. The van der Waals surface area contributed by atoms with Gasteiger partial charge in [-0.15, -0.1) is 24.0 Å². The highest BCUT2D eigenvalue weighted by atomic mass is 127. The Morgan fingerprint density at radius 3 is 2.50 bits per heavy atom. The van der Waals surface area contributed by atoms with E-state index < -0.39 is 10.0 Å². The molecule has 0 saturated carbocycles. The summed E-state index contributed by atoms with van der Waals surface area (Å²) in [5, 5.41) is 10.7. The minimum atomic E-state index is -3.41.